The Bertz CT molecular complexity index is 421. The van der Waals surface area contributed by atoms with E-state index in [0.29, 0.717) is 15.6 Å². The molecule has 0 aliphatic carbocycles. The van der Waals surface area contributed by atoms with Gasteiger partial charge in [0.2, 0.25) is 0 Å². The highest BCUT2D eigenvalue weighted by Gasteiger charge is 2.13. The lowest BCUT2D eigenvalue weighted by Crippen LogP contribution is -2.04. The monoisotopic (exact) mass is 301 g/mol. The van der Waals surface area contributed by atoms with Crippen molar-refractivity contribution in [3.63, 3.8) is 0 Å². The van der Waals surface area contributed by atoms with Crippen molar-refractivity contribution in [2.24, 2.45) is 0 Å². The molecule has 1 N–H and O–H groups in total. The third-order valence-electron chi connectivity index (χ3n) is 1.95. The molecule has 0 atom stereocenters. The van der Waals surface area contributed by atoms with E-state index in [4.69, 9.17) is 10.4 Å². The summed E-state index contributed by atoms with van der Waals surface area (Å²) in [7, 11) is 0. The Morgan fingerprint density at radius 1 is 1.64 bits per heavy atom. The molecule has 0 amide bonds. The zero-order valence-corrected chi connectivity index (χ0v) is 9.70. The third kappa shape index (κ3) is 1.87. The standard InChI is InChI=1S/C10H8INO2/c1-2-7-6(5-12)3-4-8(9(7)11)10(13)14/h3-4H,2H2,1H3,(H,13,14). The van der Waals surface area contributed by atoms with Crippen LogP contribution in [0.15, 0.2) is 12.1 Å². The van der Waals surface area contributed by atoms with Gasteiger partial charge in [-0.05, 0) is 46.7 Å². The highest BCUT2D eigenvalue weighted by Crippen LogP contribution is 2.21. The first-order chi connectivity index (χ1) is 6.61. The molecular formula is C10H8INO2. The van der Waals surface area contributed by atoms with Gasteiger partial charge in [0.1, 0.15) is 0 Å². The van der Waals surface area contributed by atoms with Crippen LogP contribution in [0.25, 0.3) is 0 Å². The Morgan fingerprint density at radius 3 is 2.71 bits per heavy atom. The van der Waals surface area contributed by atoms with Gasteiger partial charge in [-0.3, -0.25) is 0 Å². The van der Waals surface area contributed by atoms with Gasteiger partial charge in [-0.15, -0.1) is 0 Å². The largest absolute Gasteiger partial charge is 0.478 e. The van der Waals surface area contributed by atoms with Crippen LogP contribution in [0.4, 0.5) is 0 Å². The molecular weight excluding hydrogens is 293 g/mol. The number of halogens is 1. The maximum atomic E-state index is 10.8. The Morgan fingerprint density at radius 2 is 2.29 bits per heavy atom. The van der Waals surface area contributed by atoms with Gasteiger partial charge in [-0.25, -0.2) is 4.79 Å². The summed E-state index contributed by atoms with van der Waals surface area (Å²) in [6.07, 6.45) is 0.669. The molecule has 0 fully saturated rings. The molecule has 0 spiro atoms. The van der Waals surface area contributed by atoms with E-state index in [9.17, 15) is 4.79 Å². The first kappa shape index (κ1) is 11.0. The fraction of sp³-hybridized carbons (Fsp3) is 0.200. The number of aromatic carboxylic acids is 1. The lowest BCUT2D eigenvalue weighted by molar-refractivity contribution is 0.0695. The molecule has 0 unspecified atom stereocenters. The van der Waals surface area contributed by atoms with Gasteiger partial charge in [-0.1, -0.05) is 6.92 Å². The zero-order valence-electron chi connectivity index (χ0n) is 7.54. The van der Waals surface area contributed by atoms with Crippen LogP contribution in [0, 0.1) is 14.9 Å². The van der Waals surface area contributed by atoms with Crippen LogP contribution in [0.3, 0.4) is 0 Å². The van der Waals surface area contributed by atoms with Gasteiger partial charge >= 0.3 is 5.97 Å². The quantitative estimate of drug-likeness (QED) is 0.853. The molecule has 14 heavy (non-hydrogen) atoms. The predicted molar refractivity (Wildman–Crippen MR) is 60.2 cm³/mol. The maximum absolute atomic E-state index is 10.8. The minimum Gasteiger partial charge on any atom is -0.478 e. The first-order valence-electron chi connectivity index (χ1n) is 4.06. The molecule has 72 valence electrons. The minimum absolute atomic E-state index is 0.265. The third-order valence-corrected chi connectivity index (χ3v) is 3.18. The average Bonchev–Trinajstić information content (AvgIpc) is 2.16. The predicted octanol–water partition coefficient (Wildman–Crippen LogP) is 2.42. The Kier molecular flexibility index (Phi) is 3.47. The second kappa shape index (κ2) is 4.42. The first-order valence-corrected chi connectivity index (χ1v) is 5.14. The van der Waals surface area contributed by atoms with Crippen LogP contribution in [0.1, 0.15) is 28.4 Å². The van der Waals surface area contributed by atoms with Gasteiger partial charge < -0.3 is 5.11 Å². The number of carbonyl (C=O) groups is 1. The van der Waals surface area contributed by atoms with Gasteiger partial charge in [0.25, 0.3) is 0 Å². The summed E-state index contributed by atoms with van der Waals surface area (Å²) in [5.74, 6) is -0.950. The highest BCUT2D eigenvalue weighted by atomic mass is 127. The average molecular weight is 301 g/mol. The smallest absolute Gasteiger partial charge is 0.336 e. The number of rotatable bonds is 2. The minimum atomic E-state index is -0.950. The van der Waals surface area contributed by atoms with E-state index >= 15 is 0 Å². The Labute approximate surface area is 95.5 Å². The SMILES string of the molecule is CCc1c(C#N)ccc(C(=O)O)c1I. The van der Waals surface area contributed by atoms with Crippen LogP contribution in [0.5, 0.6) is 0 Å². The molecule has 3 nitrogen and oxygen atoms in total. The van der Waals surface area contributed by atoms with E-state index in [1.807, 2.05) is 29.5 Å². The number of hydrogen-bond donors (Lipinski definition) is 1. The molecule has 0 heterocycles. The number of benzene rings is 1. The fourth-order valence-corrected chi connectivity index (χ4v) is 2.32. The van der Waals surface area contributed by atoms with Crippen LogP contribution < -0.4 is 0 Å². The molecule has 1 aromatic carbocycles. The lowest BCUT2D eigenvalue weighted by atomic mass is 10.0. The lowest BCUT2D eigenvalue weighted by Gasteiger charge is -2.06. The number of carboxylic acids is 1. The van der Waals surface area contributed by atoms with E-state index < -0.39 is 5.97 Å². The van der Waals surface area contributed by atoms with Crippen LogP contribution in [-0.4, -0.2) is 11.1 Å². The molecule has 0 saturated heterocycles. The Hall–Kier alpha value is -1.09. The van der Waals surface area contributed by atoms with E-state index in [-0.39, 0.29) is 5.56 Å². The summed E-state index contributed by atoms with van der Waals surface area (Å²) in [6, 6.07) is 5.09. The van der Waals surface area contributed by atoms with Gasteiger partial charge in [-0.2, -0.15) is 5.26 Å². The van der Waals surface area contributed by atoms with Crippen molar-refractivity contribution in [3.05, 3.63) is 32.4 Å². The van der Waals surface area contributed by atoms with Gasteiger partial charge in [0.05, 0.1) is 17.2 Å². The Balaban J connectivity index is 3.44. The van der Waals surface area contributed by atoms with Gasteiger partial charge in [0, 0.05) is 3.57 Å². The molecule has 0 radical (unpaired) electrons. The van der Waals surface area contributed by atoms with Crippen molar-refractivity contribution >= 4 is 28.6 Å². The van der Waals surface area contributed by atoms with Crippen molar-refractivity contribution in [2.45, 2.75) is 13.3 Å². The van der Waals surface area contributed by atoms with Crippen LogP contribution >= 0.6 is 22.6 Å². The van der Waals surface area contributed by atoms with Crippen molar-refractivity contribution in [1.82, 2.24) is 0 Å². The number of hydrogen-bond acceptors (Lipinski definition) is 2. The van der Waals surface area contributed by atoms with E-state index in [2.05, 4.69) is 6.07 Å². The molecule has 1 rings (SSSR count). The maximum Gasteiger partial charge on any atom is 0.336 e. The molecule has 0 saturated carbocycles. The summed E-state index contributed by atoms with van der Waals surface area (Å²) in [5, 5.41) is 17.7. The topological polar surface area (TPSA) is 61.1 Å². The molecule has 1 aromatic rings. The van der Waals surface area contributed by atoms with Crippen molar-refractivity contribution < 1.29 is 9.90 Å². The highest BCUT2D eigenvalue weighted by molar-refractivity contribution is 14.1. The van der Waals surface area contributed by atoms with Crippen LogP contribution in [0.2, 0.25) is 0 Å². The summed E-state index contributed by atoms with van der Waals surface area (Å²) in [5.41, 5.74) is 1.64. The molecule has 0 aliphatic rings. The summed E-state index contributed by atoms with van der Waals surface area (Å²) in [6.45, 7) is 1.91. The molecule has 0 aromatic heterocycles. The number of carboxylic acid groups (broad SMARTS) is 1. The fourth-order valence-electron chi connectivity index (χ4n) is 1.24. The second-order valence-corrected chi connectivity index (χ2v) is 3.80. The van der Waals surface area contributed by atoms with Crippen molar-refractivity contribution in [3.8, 4) is 6.07 Å². The zero-order chi connectivity index (χ0) is 10.7. The normalized spacial score (nSPS) is 9.50. The summed E-state index contributed by atoms with van der Waals surface area (Å²) < 4.78 is 0.664. The summed E-state index contributed by atoms with van der Waals surface area (Å²) in [4.78, 5) is 10.8. The van der Waals surface area contributed by atoms with E-state index in [1.54, 1.807) is 6.07 Å². The van der Waals surface area contributed by atoms with Crippen molar-refractivity contribution in [1.29, 1.82) is 5.26 Å². The van der Waals surface area contributed by atoms with Crippen molar-refractivity contribution in [2.75, 3.05) is 0 Å². The summed E-state index contributed by atoms with van der Waals surface area (Å²) >= 11 is 1.97. The molecule has 4 heteroatoms. The molecule has 0 aliphatic heterocycles. The second-order valence-electron chi connectivity index (χ2n) is 2.72. The van der Waals surface area contributed by atoms with E-state index in [0.717, 1.165) is 5.56 Å². The molecule has 0 bridgehead atoms. The van der Waals surface area contributed by atoms with Gasteiger partial charge in [0.15, 0.2) is 0 Å². The van der Waals surface area contributed by atoms with E-state index in [1.165, 1.54) is 6.07 Å². The number of nitrogens with zero attached hydrogens (tertiary/aromatic N) is 1. The van der Waals surface area contributed by atoms with Crippen LogP contribution in [-0.2, 0) is 6.42 Å². The number of nitriles is 1.